The standard InChI is InChI=1S/C29H32Cl2N2O3/c1-20-10-13-23(14-11-20)36-19-27(34)33(18-22-12-15-24(30)25(31)16-22)26(28(35)32-29(2,3)4)17-21-8-6-5-7-9-21/h5-16,26H,17-19H2,1-4H3,(H,32,35)/t26-/m0/s1. The minimum Gasteiger partial charge on any atom is -0.484 e. The van der Waals surface area contributed by atoms with Crippen LogP contribution in [0.25, 0.3) is 0 Å². The SMILES string of the molecule is Cc1ccc(OCC(=O)N(Cc2ccc(Cl)c(Cl)c2)[C@@H](Cc2ccccc2)C(=O)NC(C)(C)C)cc1. The number of amides is 2. The van der Waals surface area contributed by atoms with Gasteiger partial charge in [-0.3, -0.25) is 9.59 Å². The molecule has 0 heterocycles. The quantitative estimate of drug-likeness (QED) is 0.359. The summed E-state index contributed by atoms with van der Waals surface area (Å²) in [5.74, 6) is 0.0314. The number of nitrogens with zero attached hydrogens (tertiary/aromatic N) is 1. The minimum absolute atomic E-state index is 0.169. The summed E-state index contributed by atoms with van der Waals surface area (Å²) in [5.41, 5.74) is 2.33. The fourth-order valence-electron chi connectivity index (χ4n) is 3.70. The van der Waals surface area contributed by atoms with Crippen LogP contribution in [0.15, 0.2) is 72.8 Å². The Balaban J connectivity index is 1.94. The van der Waals surface area contributed by atoms with E-state index in [9.17, 15) is 9.59 Å². The van der Waals surface area contributed by atoms with Crippen LogP contribution in [-0.4, -0.2) is 34.9 Å². The zero-order valence-electron chi connectivity index (χ0n) is 21.1. The molecule has 0 aliphatic carbocycles. The molecule has 3 aromatic carbocycles. The number of hydrogen-bond donors (Lipinski definition) is 1. The molecule has 0 radical (unpaired) electrons. The average Bonchev–Trinajstić information content (AvgIpc) is 2.82. The van der Waals surface area contributed by atoms with E-state index < -0.39 is 11.6 Å². The third-order valence-electron chi connectivity index (χ3n) is 5.49. The molecular formula is C29H32Cl2N2O3. The van der Waals surface area contributed by atoms with E-state index in [1.54, 1.807) is 23.1 Å². The van der Waals surface area contributed by atoms with Crippen LogP contribution in [0.1, 0.15) is 37.5 Å². The molecule has 0 unspecified atom stereocenters. The topological polar surface area (TPSA) is 58.6 Å². The van der Waals surface area contributed by atoms with Gasteiger partial charge in [-0.25, -0.2) is 0 Å². The van der Waals surface area contributed by atoms with Crippen LogP contribution >= 0.6 is 23.2 Å². The molecule has 7 heteroatoms. The summed E-state index contributed by atoms with van der Waals surface area (Å²) in [7, 11) is 0. The maximum absolute atomic E-state index is 13.6. The Labute approximate surface area is 223 Å². The van der Waals surface area contributed by atoms with Crippen molar-refractivity contribution in [3.63, 3.8) is 0 Å². The molecule has 0 spiro atoms. The van der Waals surface area contributed by atoms with E-state index in [2.05, 4.69) is 5.32 Å². The Morgan fingerprint density at radius 1 is 0.917 bits per heavy atom. The van der Waals surface area contributed by atoms with Crippen molar-refractivity contribution in [1.29, 1.82) is 0 Å². The number of rotatable bonds is 9. The molecule has 1 atom stereocenters. The summed E-state index contributed by atoms with van der Waals surface area (Å²) in [6, 6.07) is 21.6. The van der Waals surface area contributed by atoms with E-state index in [1.807, 2.05) is 82.3 Å². The molecular weight excluding hydrogens is 495 g/mol. The van der Waals surface area contributed by atoms with Gasteiger partial charge in [0, 0.05) is 18.5 Å². The lowest BCUT2D eigenvalue weighted by Gasteiger charge is -2.33. The third-order valence-corrected chi connectivity index (χ3v) is 6.23. The zero-order valence-corrected chi connectivity index (χ0v) is 22.6. The molecule has 36 heavy (non-hydrogen) atoms. The second kappa shape index (κ2) is 12.3. The second-order valence-electron chi connectivity index (χ2n) is 9.82. The van der Waals surface area contributed by atoms with Crippen LogP contribution in [0.5, 0.6) is 5.75 Å². The number of hydrogen-bond acceptors (Lipinski definition) is 3. The Hall–Kier alpha value is -3.02. The molecule has 3 aromatic rings. The lowest BCUT2D eigenvalue weighted by Crippen LogP contribution is -2.55. The summed E-state index contributed by atoms with van der Waals surface area (Å²) in [4.78, 5) is 28.7. The number of halogens is 2. The van der Waals surface area contributed by atoms with Gasteiger partial charge in [-0.05, 0) is 63.1 Å². The minimum atomic E-state index is -0.768. The van der Waals surface area contributed by atoms with E-state index in [0.717, 1.165) is 16.7 Å². The van der Waals surface area contributed by atoms with Crippen LogP contribution in [0, 0.1) is 6.92 Å². The largest absolute Gasteiger partial charge is 0.484 e. The summed E-state index contributed by atoms with van der Waals surface area (Å²) < 4.78 is 5.80. The van der Waals surface area contributed by atoms with Gasteiger partial charge < -0.3 is 15.0 Å². The molecule has 5 nitrogen and oxygen atoms in total. The molecule has 0 saturated carbocycles. The number of carbonyl (C=O) groups is 2. The first kappa shape index (κ1) is 27.6. The summed E-state index contributed by atoms with van der Waals surface area (Å²) in [5, 5.41) is 3.85. The number of nitrogens with one attached hydrogen (secondary N) is 1. The highest BCUT2D eigenvalue weighted by molar-refractivity contribution is 6.42. The van der Waals surface area contributed by atoms with Crippen molar-refractivity contribution < 1.29 is 14.3 Å². The summed E-state index contributed by atoms with van der Waals surface area (Å²) in [6.07, 6.45) is 0.348. The lowest BCUT2D eigenvalue weighted by atomic mass is 10.0. The Morgan fingerprint density at radius 2 is 1.58 bits per heavy atom. The zero-order chi connectivity index (χ0) is 26.3. The van der Waals surface area contributed by atoms with E-state index in [1.165, 1.54) is 0 Å². The molecule has 0 aromatic heterocycles. The number of benzene rings is 3. The molecule has 3 rings (SSSR count). The highest BCUT2D eigenvalue weighted by atomic mass is 35.5. The van der Waals surface area contributed by atoms with E-state index in [-0.39, 0.29) is 25.0 Å². The lowest BCUT2D eigenvalue weighted by molar-refractivity contribution is -0.143. The second-order valence-corrected chi connectivity index (χ2v) is 10.6. The van der Waals surface area contributed by atoms with Crippen molar-refractivity contribution in [2.24, 2.45) is 0 Å². The van der Waals surface area contributed by atoms with Crippen molar-refractivity contribution in [2.75, 3.05) is 6.61 Å². The van der Waals surface area contributed by atoms with Gasteiger partial charge in [0.1, 0.15) is 11.8 Å². The third kappa shape index (κ3) is 8.28. The van der Waals surface area contributed by atoms with Gasteiger partial charge in [0.2, 0.25) is 5.91 Å². The van der Waals surface area contributed by atoms with Gasteiger partial charge >= 0.3 is 0 Å². The van der Waals surface area contributed by atoms with Crippen LogP contribution in [0.4, 0.5) is 0 Å². The van der Waals surface area contributed by atoms with Crippen LogP contribution in [0.3, 0.4) is 0 Å². The Bertz CT molecular complexity index is 1180. The van der Waals surface area contributed by atoms with Gasteiger partial charge in [0.05, 0.1) is 10.0 Å². The number of aryl methyl sites for hydroxylation is 1. The highest BCUT2D eigenvalue weighted by Crippen LogP contribution is 2.24. The van der Waals surface area contributed by atoms with E-state index in [0.29, 0.717) is 22.2 Å². The van der Waals surface area contributed by atoms with Crippen molar-refractivity contribution >= 4 is 35.0 Å². The Morgan fingerprint density at radius 3 is 2.19 bits per heavy atom. The fourth-order valence-corrected chi connectivity index (χ4v) is 4.02. The van der Waals surface area contributed by atoms with Gasteiger partial charge in [-0.15, -0.1) is 0 Å². The normalized spacial score (nSPS) is 12.1. The molecule has 0 fully saturated rings. The molecule has 0 saturated heterocycles. The molecule has 2 amide bonds. The molecule has 0 bridgehead atoms. The predicted molar refractivity (Wildman–Crippen MR) is 146 cm³/mol. The Kier molecular flexibility index (Phi) is 9.41. The number of carbonyl (C=O) groups excluding carboxylic acids is 2. The van der Waals surface area contributed by atoms with E-state index >= 15 is 0 Å². The first-order valence-corrected chi connectivity index (χ1v) is 12.6. The molecule has 190 valence electrons. The van der Waals surface area contributed by atoms with Crippen LogP contribution in [0.2, 0.25) is 10.0 Å². The fraction of sp³-hybridized carbons (Fsp3) is 0.310. The molecule has 0 aliphatic heterocycles. The van der Waals surface area contributed by atoms with Crippen molar-refractivity contribution in [3.8, 4) is 5.75 Å². The van der Waals surface area contributed by atoms with Crippen LogP contribution < -0.4 is 10.1 Å². The summed E-state index contributed by atoms with van der Waals surface area (Å²) in [6.45, 7) is 7.68. The monoisotopic (exact) mass is 526 g/mol. The van der Waals surface area contributed by atoms with Crippen molar-refractivity contribution in [2.45, 2.75) is 52.2 Å². The number of ether oxygens (including phenoxy) is 1. The van der Waals surface area contributed by atoms with Crippen LogP contribution in [-0.2, 0) is 22.6 Å². The van der Waals surface area contributed by atoms with E-state index in [4.69, 9.17) is 27.9 Å². The van der Waals surface area contributed by atoms with Gasteiger partial charge in [0.15, 0.2) is 6.61 Å². The predicted octanol–water partition coefficient (Wildman–Crippen LogP) is 6.24. The smallest absolute Gasteiger partial charge is 0.261 e. The maximum Gasteiger partial charge on any atom is 0.261 e. The van der Waals surface area contributed by atoms with Crippen molar-refractivity contribution in [1.82, 2.24) is 10.2 Å². The van der Waals surface area contributed by atoms with Gasteiger partial charge in [-0.1, -0.05) is 77.3 Å². The highest BCUT2D eigenvalue weighted by Gasteiger charge is 2.32. The maximum atomic E-state index is 13.6. The van der Waals surface area contributed by atoms with Crippen molar-refractivity contribution in [3.05, 3.63) is 99.5 Å². The molecule has 0 aliphatic rings. The first-order valence-electron chi connectivity index (χ1n) is 11.8. The first-order chi connectivity index (χ1) is 17.0. The average molecular weight is 527 g/mol. The van der Waals surface area contributed by atoms with Gasteiger partial charge in [0.25, 0.3) is 5.91 Å². The summed E-state index contributed by atoms with van der Waals surface area (Å²) >= 11 is 12.4. The molecule has 1 N–H and O–H groups in total. The van der Waals surface area contributed by atoms with Gasteiger partial charge in [-0.2, -0.15) is 0 Å².